The average molecular weight is 238 g/mol. The molecule has 3 heteroatoms. The number of carbonyl (C=O) groups is 1. The summed E-state index contributed by atoms with van der Waals surface area (Å²) in [5, 5.41) is 0. The fraction of sp³-hybridized carbons (Fsp3) is 0.786. The van der Waals surface area contributed by atoms with E-state index in [1.807, 2.05) is 19.0 Å². The number of amides is 2. The molecule has 0 bridgehead atoms. The van der Waals surface area contributed by atoms with Gasteiger partial charge in [-0.15, -0.1) is 0 Å². The predicted octanol–water partition coefficient (Wildman–Crippen LogP) is 2.98. The molecule has 0 N–H and O–H groups in total. The van der Waals surface area contributed by atoms with Crippen molar-refractivity contribution in [3.8, 4) is 0 Å². The van der Waals surface area contributed by atoms with E-state index in [1.165, 1.54) is 5.57 Å². The highest BCUT2D eigenvalue weighted by Crippen LogP contribution is 2.29. The molecule has 0 aromatic heterocycles. The van der Waals surface area contributed by atoms with E-state index in [2.05, 4.69) is 27.7 Å². The van der Waals surface area contributed by atoms with Gasteiger partial charge in [-0.25, -0.2) is 4.79 Å². The van der Waals surface area contributed by atoms with Crippen LogP contribution in [0.1, 0.15) is 34.1 Å². The van der Waals surface area contributed by atoms with Crippen molar-refractivity contribution in [2.24, 2.45) is 11.8 Å². The van der Waals surface area contributed by atoms with Gasteiger partial charge >= 0.3 is 6.03 Å². The van der Waals surface area contributed by atoms with E-state index in [-0.39, 0.29) is 6.03 Å². The quantitative estimate of drug-likeness (QED) is 0.678. The largest absolute Gasteiger partial charge is 0.331 e. The lowest BCUT2D eigenvalue weighted by Crippen LogP contribution is -2.44. The Labute approximate surface area is 105 Å². The van der Waals surface area contributed by atoms with Crippen molar-refractivity contribution in [3.05, 3.63) is 11.1 Å². The summed E-state index contributed by atoms with van der Waals surface area (Å²) in [6.07, 6.45) is 1.03. The van der Waals surface area contributed by atoms with Gasteiger partial charge in [0.15, 0.2) is 0 Å². The molecule has 0 radical (unpaired) electrons. The first-order valence-corrected chi connectivity index (χ1v) is 6.52. The molecule has 0 fully saturated rings. The van der Waals surface area contributed by atoms with Crippen LogP contribution in [-0.2, 0) is 0 Å². The maximum Gasteiger partial charge on any atom is 0.319 e. The molecule has 0 unspecified atom stereocenters. The molecule has 0 aromatic carbocycles. The molecular formula is C14H26N2O. The Morgan fingerprint density at radius 3 is 2.06 bits per heavy atom. The third-order valence-electron chi connectivity index (χ3n) is 3.47. The van der Waals surface area contributed by atoms with E-state index in [9.17, 15) is 4.79 Å². The van der Waals surface area contributed by atoms with Crippen LogP contribution < -0.4 is 0 Å². The second-order valence-electron chi connectivity index (χ2n) is 5.71. The Balaban J connectivity index is 2.89. The van der Waals surface area contributed by atoms with Gasteiger partial charge in [-0.3, -0.25) is 0 Å². The van der Waals surface area contributed by atoms with Crippen LogP contribution >= 0.6 is 0 Å². The Kier molecular flexibility index (Phi) is 4.61. The van der Waals surface area contributed by atoms with E-state index in [1.54, 1.807) is 10.5 Å². The molecule has 0 aromatic rings. The molecule has 0 saturated carbocycles. The van der Waals surface area contributed by atoms with E-state index >= 15 is 0 Å². The summed E-state index contributed by atoms with van der Waals surface area (Å²) < 4.78 is 0. The highest BCUT2D eigenvalue weighted by atomic mass is 16.2. The second-order valence-corrected chi connectivity index (χ2v) is 5.71. The standard InChI is InChI=1S/C14H26N2O/c1-10(2)12-7-8-16(14(17)15(5)6)9-13(12)11(3)4/h10-11H,7-9H2,1-6H3. The van der Waals surface area contributed by atoms with Crippen LogP contribution in [0.2, 0.25) is 0 Å². The van der Waals surface area contributed by atoms with Gasteiger partial charge in [0.1, 0.15) is 0 Å². The van der Waals surface area contributed by atoms with Gasteiger partial charge in [0.05, 0.1) is 0 Å². The number of urea groups is 1. The third-order valence-corrected chi connectivity index (χ3v) is 3.47. The molecule has 98 valence electrons. The monoisotopic (exact) mass is 238 g/mol. The normalized spacial score (nSPS) is 17.1. The number of hydrogen-bond acceptors (Lipinski definition) is 1. The van der Waals surface area contributed by atoms with Gasteiger partial charge in [0, 0.05) is 27.2 Å². The minimum absolute atomic E-state index is 0.131. The highest BCUT2D eigenvalue weighted by Gasteiger charge is 2.25. The molecule has 1 aliphatic rings. The van der Waals surface area contributed by atoms with Gasteiger partial charge in [0.2, 0.25) is 0 Å². The van der Waals surface area contributed by atoms with Gasteiger partial charge < -0.3 is 9.80 Å². The molecule has 0 atom stereocenters. The van der Waals surface area contributed by atoms with Crippen molar-refractivity contribution in [1.82, 2.24) is 9.80 Å². The molecule has 17 heavy (non-hydrogen) atoms. The highest BCUT2D eigenvalue weighted by molar-refractivity contribution is 5.74. The van der Waals surface area contributed by atoms with Gasteiger partial charge in [-0.2, -0.15) is 0 Å². The van der Waals surface area contributed by atoms with Gasteiger partial charge in [-0.05, 0) is 23.8 Å². The molecule has 0 saturated heterocycles. The van der Waals surface area contributed by atoms with Crippen LogP contribution in [0.15, 0.2) is 11.1 Å². The Morgan fingerprint density at radius 2 is 1.65 bits per heavy atom. The molecule has 0 aliphatic carbocycles. The average Bonchev–Trinajstić information content (AvgIpc) is 2.26. The van der Waals surface area contributed by atoms with Gasteiger partial charge in [0.25, 0.3) is 0 Å². The first-order chi connectivity index (χ1) is 7.84. The Hall–Kier alpha value is -0.990. The summed E-state index contributed by atoms with van der Waals surface area (Å²) in [4.78, 5) is 15.6. The van der Waals surface area contributed by atoms with Crippen LogP contribution in [0.4, 0.5) is 4.79 Å². The minimum atomic E-state index is 0.131. The topological polar surface area (TPSA) is 23.6 Å². The minimum Gasteiger partial charge on any atom is -0.331 e. The smallest absolute Gasteiger partial charge is 0.319 e. The summed E-state index contributed by atoms with van der Waals surface area (Å²) >= 11 is 0. The zero-order valence-electron chi connectivity index (χ0n) is 12.1. The van der Waals surface area contributed by atoms with Crippen LogP contribution in [0.5, 0.6) is 0 Å². The summed E-state index contributed by atoms with van der Waals surface area (Å²) in [7, 11) is 3.64. The Morgan fingerprint density at radius 1 is 1.12 bits per heavy atom. The molecule has 1 rings (SSSR count). The fourth-order valence-corrected chi connectivity index (χ4v) is 2.46. The van der Waals surface area contributed by atoms with Crippen molar-refractivity contribution in [2.45, 2.75) is 34.1 Å². The Bertz CT molecular complexity index is 316. The van der Waals surface area contributed by atoms with Crippen LogP contribution in [0.3, 0.4) is 0 Å². The number of nitrogens with zero attached hydrogens (tertiary/aromatic N) is 2. The van der Waals surface area contributed by atoms with Crippen molar-refractivity contribution in [3.63, 3.8) is 0 Å². The predicted molar refractivity (Wildman–Crippen MR) is 72.0 cm³/mol. The molecule has 2 amide bonds. The zero-order valence-corrected chi connectivity index (χ0v) is 12.1. The molecule has 1 heterocycles. The number of carbonyl (C=O) groups excluding carboxylic acids is 1. The number of rotatable bonds is 2. The SMILES string of the molecule is CC(C)C1=C(C(C)C)CN(C(=O)N(C)C)CC1. The summed E-state index contributed by atoms with van der Waals surface area (Å²) in [6, 6.07) is 0.131. The van der Waals surface area contributed by atoms with Crippen molar-refractivity contribution in [1.29, 1.82) is 0 Å². The maximum absolute atomic E-state index is 12.0. The maximum atomic E-state index is 12.0. The van der Waals surface area contributed by atoms with Gasteiger partial charge in [-0.1, -0.05) is 33.3 Å². The van der Waals surface area contributed by atoms with Crippen LogP contribution in [0.25, 0.3) is 0 Å². The summed E-state index contributed by atoms with van der Waals surface area (Å²) in [5.41, 5.74) is 3.02. The molecule has 1 aliphatic heterocycles. The lowest BCUT2D eigenvalue weighted by atomic mass is 9.86. The first-order valence-electron chi connectivity index (χ1n) is 6.52. The second kappa shape index (κ2) is 5.56. The third kappa shape index (κ3) is 3.24. The van der Waals surface area contributed by atoms with Crippen LogP contribution in [0, 0.1) is 11.8 Å². The lowest BCUT2D eigenvalue weighted by molar-refractivity contribution is 0.171. The lowest BCUT2D eigenvalue weighted by Gasteiger charge is -2.35. The fourth-order valence-electron chi connectivity index (χ4n) is 2.46. The van der Waals surface area contributed by atoms with Crippen molar-refractivity contribution in [2.75, 3.05) is 27.2 Å². The van der Waals surface area contributed by atoms with Crippen LogP contribution in [-0.4, -0.2) is 43.0 Å². The van der Waals surface area contributed by atoms with E-state index in [4.69, 9.17) is 0 Å². The van der Waals surface area contributed by atoms with Crippen molar-refractivity contribution >= 4 is 6.03 Å². The summed E-state index contributed by atoms with van der Waals surface area (Å²) in [6.45, 7) is 10.6. The zero-order chi connectivity index (χ0) is 13.2. The summed E-state index contributed by atoms with van der Waals surface area (Å²) in [5.74, 6) is 1.13. The van der Waals surface area contributed by atoms with Crippen molar-refractivity contribution < 1.29 is 4.79 Å². The first kappa shape index (κ1) is 14.1. The number of hydrogen-bond donors (Lipinski definition) is 0. The molecular weight excluding hydrogens is 212 g/mol. The van der Waals surface area contributed by atoms with E-state index < -0.39 is 0 Å². The van der Waals surface area contributed by atoms with E-state index in [0.29, 0.717) is 11.8 Å². The molecule has 0 spiro atoms. The molecule has 3 nitrogen and oxygen atoms in total. The van der Waals surface area contributed by atoms with E-state index in [0.717, 1.165) is 19.5 Å².